The summed E-state index contributed by atoms with van der Waals surface area (Å²) in [6, 6.07) is 11.9. The van der Waals surface area contributed by atoms with Gasteiger partial charge in [0.25, 0.3) is 0 Å². The molecule has 0 saturated heterocycles. The van der Waals surface area contributed by atoms with Gasteiger partial charge in [0, 0.05) is 17.1 Å². The van der Waals surface area contributed by atoms with E-state index in [0.29, 0.717) is 5.02 Å². The second kappa shape index (κ2) is 7.48. The van der Waals surface area contributed by atoms with Gasteiger partial charge in [0.2, 0.25) is 0 Å². The molecule has 0 aromatic heterocycles. The predicted octanol–water partition coefficient (Wildman–Crippen LogP) is 5.25. The van der Waals surface area contributed by atoms with Gasteiger partial charge in [0.15, 0.2) is 0 Å². The highest BCUT2D eigenvalue weighted by Crippen LogP contribution is 2.31. The molecule has 0 radical (unpaired) electrons. The maximum absolute atomic E-state index is 6.12. The van der Waals surface area contributed by atoms with Crippen LogP contribution in [0.5, 0.6) is 11.5 Å². The van der Waals surface area contributed by atoms with E-state index in [9.17, 15) is 0 Å². The fraction of sp³-hybridized carbons (Fsp3) is 0.333. The second-order valence-electron chi connectivity index (χ2n) is 5.23. The maximum atomic E-state index is 6.12. The third-order valence-corrected chi connectivity index (χ3v) is 3.78. The minimum absolute atomic E-state index is 0.689. The fourth-order valence-electron chi connectivity index (χ4n) is 2.12. The Hall–Kier alpha value is -1.51. The SMILES string of the molecule is CCCNCc1ccc(Cl)cc1Oc1cccc(C)c1C. The smallest absolute Gasteiger partial charge is 0.133 e. The lowest BCUT2D eigenvalue weighted by Crippen LogP contribution is -2.14. The Morgan fingerprint density at radius 1 is 1.10 bits per heavy atom. The molecule has 0 aliphatic rings. The van der Waals surface area contributed by atoms with Crippen molar-refractivity contribution < 1.29 is 4.74 Å². The topological polar surface area (TPSA) is 21.3 Å². The molecule has 0 saturated carbocycles. The van der Waals surface area contributed by atoms with Crippen LogP contribution in [0.15, 0.2) is 36.4 Å². The van der Waals surface area contributed by atoms with Crippen LogP contribution < -0.4 is 10.1 Å². The molecule has 21 heavy (non-hydrogen) atoms. The van der Waals surface area contributed by atoms with Gasteiger partial charge in [-0.15, -0.1) is 0 Å². The van der Waals surface area contributed by atoms with Crippen molar-refractivity contribution in [3.8, 4) is 11.5 Å². The zero-order chi connectivity index (χ0) is 15.2. The van der Waals surface area contributed by atoms with Crippen molar-refractivity contribution in [3.63, 3.8) is 0 Å². The number of rotatable bonds is 6. The average molecular weight is 304 g/mol. The lowest BCUT2D eigenvalue weighted by Gasteiger charge is -2.15. The summed E-state index contributed by atoms with van der Waals surface area (Å²) < 4.78 is 6.11. The van der Waals surface area contributed by atoms with Gasteiger partial charge in [0.05, 0.1) is 0 Å². The molecule has 0 spiro atoms. The van der Waals surface area contributed by atoms with E-state index in [0.717, 1.165) is 42.1 Å². The van der Waals surface area contributed by atoms with Gasteiger partial charge in [-0.2, -0.15) is 0 Å². The lowest BCUT2D eigenvalue weighted by atomic mass is 10.1. The van der Waals surface area contributed by atoms with Gasteiger partial charge >= 0.3 is 0 Å². The third kappa shape index (κ3) is 4.23. The molecule has 1 N–H and O–H groups in total. The molecule has 0 atom stereocenters. The van der Waals surface area contributed by atoms with E-state index in [1.54, 1.807) is 0 Å². The molecule has 2 rings (SSSR count). The highest BCUT2D eigenvalue weighted by Gasteiger charge is 2.08. The Balaban J connectivity index is 2.25. The fourth-order valence-corrected chi connectivity index (χ4v) is 2.28. The van der Waals surface area contributed by atoms with Gasteiger partial charge in [-0.25, -0.2) is 0 Å². The Morgan fingerprint density at radius 3 is 2.67 bits per heavy atom. The van der Waals surface area contributed by atoms with Crippen molar-refractivity contribution in [1.82, 2.24) is 5.32 Å². The summed E-state index contributed by atoms with van der Waals surface area (Å²) >= 11 is 6.12. The minimum atomic E-state index is 0.689. The predicted molar refractivity (Wildman–Crippen MR) is 89.4 cm³/mol. The van der Waals surface area contributed by atoms with Gasteiger partial charge in [-0.05, 0) is 56.1 Å². The quantitative estimate of drug-likeness (QED) is 0.736. The van der Waals surface area contributed by atoms with Gasteiger partial charge in [-0.3, -0.25) is 0 Å². The maximum Gasteiger partial charge on any atom is 0.133 e. The summed E-state index contributed by atoms with van der Waals surface area (Å²) in [4.78, 5) is 0. The largest absolute Gasteiger partial charge is 0.457 e. The van der Waals surface area contributed by atoms with E-state index >= 15 is 0 Å². The summed E-state index contributed by atoms with van der Waals surface area (Å²) in [7, 11) is 0. The van der Waals surface area contributed by atoms with Crippen molar-refractivity contribution in [2.45, 2.75) is 33.7 Å². The summed E-state index contributed by atoms with van der Waals surface area (Å²) in [6.07, 6.45) is 1.11. The van der Waals surface area contributed by atoms with Crippen LogP contribution in [0.4, 0.5) is 0 Å². The van der Waals surface area contributed by atoms with Crippen LogP contribution in [0.2, 0.25) is 5.02 Å². The highest BCUT2D eigenvalue weighted by atomic mass is 35.5. The Bertz CT molecular complexity index is 610. The van der Waals surface area contributed by atoms with Gasteiger partial charge in [-0.1, -0.05) is 36.7 Å². The molecule has 0 heterocycles. The van der Waals surface area contributed by atoms with Crippen LogP contribution in [0.1, 0.15) is 30.0 Å². The van der Waals surface area contributed by atoms with E-state index < -0.39 is 0 Å². The number of hydrogen-bond donors (Lipinski definition) is 1. The standard InChI is InChI=1S/C18H22ClNO/c1-4-10-20-12-15-8-9-16(19)11-18(15)21-17-7-5-6-13(2)14(17)3/h5-9,11,20H,4,10,12H2,1-3H3. The molecule has 112 valence electrons. The van der Waals surface area contributed by atoms with Crippen LogP contribution in [0, 0.1) is 13.8 Å². The zero-order valence-corrected chi connectivity index (χ0v) is 13.6. The molecule has 0 bridgehead atoms. The van der Waals surface area contributed by atoms with Crippen molar-refractivity contribution in [2.24, 2.45) is 0 Å². The third-order valence-electron chi connectivity index (χ3n) is 3.55. The van der Waals surface area contributed by atoms with E-state index in [1.807, 2.05) is 30.3 Å². The molecular weight excluding hydrogens is 282 g/mol. The first-order chi connectivity index (χ1) is 10.1. The highest BCUT2D eigenvalue weighted by molar-refractivity contribution is 6.30. The summed E-state index contributed by atoms with van der Waals surface area (Å²) in [6.45, 7) is 8.09. The summed E-state index contributed by atoms with van der Waals surface area (Å²) in [5.74, 6) is 1.70. The first-order valence-corrected chi connectivity index (χ1v) is 7.73. The molecule has 0 aliphatic carbocycles. The van der Waals surface area contributed by atoms with Crippen molar-refractivity contribution in [1.29, 1.82) is 0 Å². The van der Waals surface area contributed by atoms with Crippen LogP contribution in [-0.2, 0) is 6.54 Å². The molecule has 0 fully saturated rings. The molecule has 3 heteroatoms. The van der Waals surface area contributed by atoms with Gasteiger partial charge in [0.1, 0.15) is 11.5 Å². The molecule has 0 aliphatic heterocycles. The molecule has 2 aromatic rings. The van der Waals surface area contributed by atoms with Crippen molar-refractivity contribution in [3.05, 3.63) is 58.1 Å². The first kappa shape index (κ1) is 15.9. The summed E-state index contributed by atoms with van der Waals surface area (Å²) in [5.41, 5.74) is 3.50. The molecule has 2 nitrogen and oxygen atoms in total. The molecule has 2 aromatic carbocycles. The number of benzene rings is 2. The van der Waals surface area contributed by atoms with E-state index in [1.165, 1.54) is 5.56 Å². The Labute approximate surface area is 132 Å². The Kier molecular flexibility index (Phi) is 5.66. The number of ether oxygens (including phenoxy) is 1. The molecule has 0 unspecified atom stereocenters. The van der Waals surface area contributed by atoms with Crippen molar-refractivity contribution in [2.75, 3.05) is 6.54 Å². The van der Waals surface area contributed by atoms with E-state index in [-0.39, 0.29) is 0 Å². The number of aryl methyl sites for hydroxylation is 1. The van der Waals surface area contributed by atoms with Crippen LogP contribution in [0.3, 0.4) is 0 Å². The molecular formula is C18H22ClNO. The molecule has 0 amide bonds. The van der Waals surface area contributed by atoms with E-state index in [4.69, 9.17) is 16.3 Å². The Morgan fingerprint density at radius 2 is 1.90 bits per heavy atom. The average Bonchev–Trinajstić information content (AvgIpc) is 2.46. The first-order valence-electron chi connectivity index (χ1n) is 7.35. The van der Waals surface area contributed by atoms with Crippen LogP contribution in [-0.4, -0.2) is 6.54 Å². The lowest BCUT2D eigenvalue weighted by molar-refractivity contribution is 0.468. The second-order valence-corrected chi connectivity index (χ2v) is 5.67. The minimum Gasteiger partial charge on any atom is -0.457 e. The monoisotopic (exact) mass is 303 g/mol. The van der Waals surface area contributed by atoms with E-state index in [2.05, 4.69) is 32.2 Å². The van der Waals surface area contributed by atoms with Crippen LogP contribution >= 0.6 is 11.6 Å². The normalized spacial score (nSPS) is 10.7. The number of hydrogen-bond acceptors (Lipinski definition) is 2. The summed E-state index contributed by atoms with van der Waals surface area (Å²) in [5, 5.41) is 4.09. The zero-order valence-electron chi connectivity index (χ0n) is 12.9. The number of nitrogens with one attached hydrogen (secondary N) is 1. The van der Waals surface area contributed by atoms with Crippen LogP contribution in [0.25, 0.3) is 0 Å². The van der Waals surface area contributed by atoms with Gasteiger partial charge < -0.3 is 10.1 Å². The van der Waals surface area contributed by atoms with Crippen molar-refractivity contribution >= 4 is 11.6 Å². The number of halogens is 1.